The second-order valence-corrected chi connectivity index (χ2v) is 1.28. The SMILES string of the molecule is [C-]#CCCCC.[Li+]. The van der Waals surface area contributed by atoms with Crippen molar-refractivity contribution in [1.29, 1.82) is 0 Å². The molecule has 0 nitrogen and oxygen atoms in total. The van der Waals surface area contributed by atoms with E-state index >= 15 is 0 Å². The van der Waals surface area contributed by atoms with Gasteiger partial charge < -0.3 is 12.3 Å². The maximum Gasteiger partial charge on any atom is 1.00 e. The molecule has 0 bridgehead atoms. The van der Waals surface area contributed by atoms with Gasteiger partial charge in [0.25, 0.3) is 0 Å². The molecule has 0 fully saturated rings. The van der Waals surface area contributed by atoms with Crippen LogP contribution in [-0.2, 0) is 0 Å². The molecule has 7 heavy (non-hydrogen) atoms. The fourth-order valence-electron chi connectivity index (χ4n) is 0.265. The minimum absolute atomic E-state index is 0. The zero-order valence-corrected chi connectivity index (χ0v) is 5.12. The fourth-order valence-corrected chi connectivity index (χ4v) is 0.265. The van der Waals surface area contributed by atoms with Crippen molar-refractivity contribution >= 4 is 0 Å². The maximum atomic E-state index is 6.46. The van der Waals surface area contributed by atoms with E-state index in [2.05, 4.69) is 12.8 Å². The molecule has 0 radical (unpaired) electrons. The number of unbranched alkanes of at least 4 members (excludes halogenated alkanes) is 2. The average Bonchev–Trinajstić information content (AvgIpc) is 1.61. The molecule has 0 aliphatic carbocycles. The Morgan fingerprint density at radius 1 is 1.57 bits per heavy atom. The van der Waals surface area contributed by atoms with Gasteiger partial charge in [-0.1, -0.05) is 13.3 Å². The van der Waals surface area contributed by atoms with Crippen molar-refractivity contribution in [2.24, 2.45) is 0 Å². The summed E-state index contributed by atoms with van der Waals surface area (Å²) in [5.41, 5.74) is 0. The normalized spacial score (nSPS) is 6.29. The fraction of sp³-hybridized carbons (Fsp3) is 0.667. The van der Waals surface area contributed by atoms with Crippen LogP contribution in [-0.4, -0.2) is 0 Å². The summed E-state index contributed by atoms with van der Waals surface area (Å²) >= 11 is 0. The van der Waals surface area contributed by atoms with Gasteiger partial charge in [0.1, 0.15) is 0 Å². The Labute approximate surface area is 57.9 Å². The zero-order valence-electron chi connectivity index (χ0n) is 5.12. The average molecular weight is 88.1 g/mol. The molecule has 0 saturated carbocycles. The summed E-state index contributed by atoms with van der Waals surface area (Å²) in [5, 5.41) is 0. The Morgan fingerprint density at radius 3 is 2.29 bits per heavy atom. The second-order valence-electron chi connectivity index (χ2n) is 1.28. The third-order valence-corrected chi connectivity index (χ3v) is 0.655. The molecule has 0 atom stereocenters. The molecule has 0 spiro atoms. The van der Waals surface area contributed by atoms with Crippen LogP contribution < -0.4 is 18.9 Å². The molecule has 0 aliphatic rings. The Bertz CT molecular complexity index is 51.7. The first-order chi connectivity index (χ1) is 2.91. The largest absolute Gasteiger partial charge is 1.00 e. The van der Waals surface area contributed by atoms with E-state index < -0.39 is 0 Å². The van der Waals surface area contributed by atoms with Crippen LogP contribution in [0.2, 0.25) is 0 Å². The van der Waals surface area contributed by atoms with Gasteiger partial charge in [-0.15, -0.1) is 0 Å². The van der Waals surface area contributed by atoms with E-state index in [4.69, 9.17) is 6.42 Å². The van der Waals surface area contributed by atoms with Gasteiger partial charge in [0, 0.05) is 0 Å². The predicted octanol–water partition coefficient (Wildman–Crippen LogP) is -1.23. The predicted molar refractivity (Wildman–Crippen MR) is 26.7 cm³/mol. The van der Waals surface area contributed by atoms with E-state index in [0.29, 0.717) is 0 Å². The molecule has 0 aliphatic heterocycles. The van der Waals surface area contributed by atoms with Gasteiger partial charge in [-0.25, -0.2) is 0 Å². The third-order valence-electron chi connectivity index (χ3n) is 0.655. The second kappa shape index (κ2) is 9.48. The van der Waals surface area contributed by atoms with Gasteiger partial charge in [0.15, 0.2) is 0 Å². The van der Waals surface area contributed by atoms with E-state index in [1.807, 2.05) is 0 Å². The Balaban J connectivity index is 0. The smallest absolute Gasteiger partial charge is 0.694 e. The van der Waals surface area contributed by atoms with Gasteiger partial charge in [-0.3, -0.25) is 0 Å². The van der Waals surface area contributed by atoms with Crippen LogP contribution in [0.4, 0.5) is 0 Å². The zero-order chi connectivity index (χ0) is 4.83. The molecule has 0 saturated heterocycles. The summed E-state index contributed by atoms with van der Waals surface area (Å²) in [4.78, 5) is 0. The molecule has 1 heteroatoms. The Kier molecular flexibility index (Phi) is 13.8. The van der Waals surface area contributed by atoms with Gasteiger partial charge >= 0.3 is 18.9 Å². The number of hydrogen-bond acceptors (Lipinski definition) is 0. The van der Waals surface area contributed by atoms with E-state index in [-0.39, 0.29) is 18.9 Å². The molecular weight excluding hydrogens is 79.0 g/mol. The maximum absolute atomic E-state index is 6.46. The molecule has 0 aromatic heterocycles. The van der Waals surface area contributed by atoms with E-state index in [9.17, 15) is 0 Å². The van der Waals surface area contributed by atoms with Crippen LogP contribution in [0.15, 0.2) is 0 Å². The molecule has 0 N–H and O–H groups in total. The monoisotopic (exact) mass is 88.1 g/mol. The first kappa shape index (κ1) is 10.2. The van der Waals surface area contributed by atoms with Gasteiger partial charge in [-0.05, 0) is 12.8 Å². The van der Waals surface area contributed by atoms with Crippen LogP contribution in [0.25, 0.3) is 0 Å². The summed E-state index contributed by atoms with van der Waals surface area (Å²) in [7, 11) is 0. The van der Waals surface area contributed by atoms with Crippen LogP contribution >= 0.6 is 0 Å². The van der Waals surface area contributed by atoms with Crippen molar-refractivity contribution in [2.45, 2.75) is 26.2 Å². The van der Waals surface area contributed by atoms with Crippen LogP contribution in [0.1, 0.15) is 26.2 Å². The minimum atomic E-state index is 0. The van der Waals surface area contributed by atoms with Crippen LogP contribution in [0, 0.1) is 12.3 Å². The summed E-state index contributed by atoms with van der Waals surface area (Å²) < 4.78 is 0. The van der Waals surface area contributed by atoms with E-state index in [1.54, 1.807) is 0 Å². The van der Waals surface area contributed by atoms with Crippen molar-refractivity contribution in [2.75, 3.05) is 0 Å². The van der Waals surface area contributed by atoms with Crippen molar-refractivity contribution < 1.29 is 18.9 Å². The first-order valence-corrected chi connectivity index (χ1v) is 2.31. The number of hydrogen-bond donors (Lipinski definition) is 0. The Morgan fingerprint density at radius 2 is 2.14 bits per heavy atom. The molecule has 0 amide bonds. The topological polar surface area (TPSA) is 0 Å². The van der Waals surface area contributed by atoms with Crippen LogP contribution in [0.5, 0.6) is 0 Å². The Hall–Kier alpha value is 0.157. The standard InChI is InChI=1S/C6H9.Li/c1-3-5-6-4-2;/h3,5-6H2,1H3;/q-1;+1. The van der Waals surface area contributed by atoms with Crippen molar-refractivity contribution in [3.8, 4) is 5.92 Å². The van der Waals surface area contributed by atoms with Crippen LogP contribution in [0.3, 0.4) is 0 Å². The van der Waals surface area contributed by atoms with E-state index in [1.165, 1.54) is 6.42 Å². The first-order valence-electron chi connectivity index (χ1n) is 2.31. The van der Waals surface area contributed by atoms with Crippen molar-refractivity contribution in [3.63, 3.8) is 0 Å². The summed E-state index contributed by atoms with van der Waals surface area (Å²) in [6.07, 6.45) is 9.57. The molecule has 0 unspecified atom stereocenters. The van der Waals surface area contributed by atoms with Gasteiger partial charge in [0.2, 0.25) is 0 Å². The van der Waals surface area contributed by atoms with E-state index in [0.717, 1.165) is 12.8 Å². The molecule has 0 aromatic carbocycles. The summed E-state index contributed by atoms with van der Waals surface area (Å²) in [5.74, 6) is 2.32. The van der Waals surface area contributed by atoms with Crippen molar-refractivity contribution in [3.05, 3.63) is 6.42 Å². The quantitative estimate of drug-likeness (QED) is 0.172. The van der Waals surface area contributed by atoms with Gasteiger partial charge in [0.05, 0.1) is 0 Å². The molecule has 0 rings (SSSR count). The molecule has 34 valence electrons. The minimum Gasteiger partial charge on any atom is -0.694 e. The third kappa shape index (κ3) is 10.7. The summed E-state index contributed by atoms with van der Waals surface area (Å²) in [6, 6.07) is 0. The van der Waals surface area contributed by atoms with Crippen molar-refractivity contribution in [1.82, 2.24) is 0 Å². The molecule has 0 aromatic rings. The van der Waals surface area contributed by atoms with Gasteiger partial charge in [-0.2, -0.15) is 0 Å². The molecule has 0 heterocycles. The summed E-state index contributed by atoms with van der Waals surface area (Å²) in [6.45, 7) is 2.11. The molecular formula is C6H9Li. The number of rotatable bonds is 2.